The van der Waals surface area contributed by atoms with Crippen molar-refractivity contribution in [2.75, 3.05) is 20.1 Å². The van der Waals surface area contributed by atoms with E-state index in [0.717, 1.165) is 30.4 Å². The fourth-order valence-corrected chi connectivity index (χ4v) is 1.95. The summed E-state index contributed by atoms with van der Waals surface area (Å²) in [5, 5.41) is 5.98. The zero-order valence-corrected chi connectivity index (χ0v) is 13.9. The largest absolute Gasteiger partial charge is 0.356 e. The van der Waals surface area contributed by atoms with Gasteiger partial charge in [0.05, 0.1) is 0 Å². The average Bonchev–Trinajstić information content (AvgIpc) is 2.36. The second-order valence-electron chi connectivity index (χ2n) is 4.39. The number of carbonyl (C=O) groups excluding carboxylic acids is 1. The van der Waals surface area contributed by atoms with E-state index in [1.54, 1.807) is 0 Å². The van der Waals surface area contributed by atoms with Crippen LogP contribution in [0.5, 0.6) is 0 Å². The van der Waals surface area contributed by atoms with E-state index in [9.17, 15) is 4.79 Å². The lowest BCUT2D eigenvalue weighted by Gasteiger charge is -2.06. The molecule has 108 valence electrons. The molecule has 0 heterocycles. The summed E-state index contributed by atoms with van der Waals surface area (Å²) < 4.78 is 1.11. The Labute approximate surface area is 130 Å². The van der Waals surface area contributed by atoms with E-state index in [0.29, 0.717) is 6.42 Å². The first-order valence-corrected chi connectivity index (χ1v) is 7.09. The fraction of sp³-hybridized carbons (Fsp3) is 0.500. The second kappa shape index (κ2) is 10.2. The molecule has 0 spiro atoms. The maximum atomic E-state index is 11.6. The van der Waals surface area contributed by atoms with Crippen LogP contribution in [0.1, 0.15) is 24.0 Å². The van der Waals surface area contributed by atoms with Gasteiger partial charge in [-0.3, -0.25) is 4.79 Å². The van der Waals surface area contributed by atoms with Crippen LogP contribution in [0.15, 0.2) is 22.7 Å². The number of carbonyl (C=O) groups is 1. The van der Waals surface area contributed by atoms with Gasteiger partial charge in [0, 0.05) is 17.4 Å². The molecule has 0 aromatic heterocycles. The van der Waals surface area contributed by atoms with Gasteiger partial charge in [-0.1, -0.05) is 28.1 Å². The molecule has 0 radical (unpaired) electrons. The maximum absolute atomic E-state index is 11.6. The van der Waals surface area contributed by atoms with Gasteiger partial charge < -0.3 is 10.6 Å². The van der Waals surface area contributed by atoms with Crippen molar-refractivity contribution in [1.82, 2.24) is 10.6 Å². The van der Waals surface area contributed by atoms with E-state index in [2.05, 4.69) is 45.6 Å². The van der Waals surface area contributed by atoms with E-state index in [4.69, 9.17) is 0 Å². The number of nitrogens with one attached hydrogen (secondary N) is 2. The third-order valence-corrected chi connectivity index (χ3v) is 3.68. The highest BCUT2D eigenvalue weighted by atomic mass is 79.9. The molecule has 2 N–H and O–H groups in total. The molecule has 1 amide bonds. The van der Waals surface area contributed by atoms with Crippen LogP contribution in [0.4, 0.5) is 0 Å². The van der Waals surface area contributed by atoms with E-state index >= 15 is 0 Å². The van der Waals surface area contributed by atoms with Crippen molar-refractivity contribution in [3.63, 3.8) is 0 Å². The summed E-state index contributed by atoms with van der Waals surface area (Å²) in [5.74, 6) is 0.131. The molecule has 0 saturated carbocycles. The van der Waals surface area contributed by atoms with Gasteiger partial charge >= 0.3 is 0 Å². The summed E-state index contributed by atoms with van der Waals surface area (Å²) in [4.78, 5) is 11.6. The zero-order chi connectivity index (χ0) is 13.4. The van der Waals surface area contributed by atoms with Gasteiger partial charge in [-0.25, -0.2) is 0 Å². The summed E-state index contributed by atoms with van der Waals surface area (Å²) >= 11 is 3.47. The second-order valence-corrected chi connectivity index (χ2v) is 5.24. The molecular weight excluding hydrogens is 328 g/mol. The summed E-state index contributed by atoms with van der Waals surface area (Å²) in [5.41, 5.74) is 2.42. The minimum atomic E-state index is 0. The molecule has 0 unspecified atom stereocenters. The topological polar surface area (TPSA) is 41.1 Å². The molecule has 0 aliphatic rings. The van der Waals surface area contributed by atoms with Gasteiger partial charge in [0.15, 0.2) is 0 Å². The third kappa shape index (κ3) is 7.55. The number of aryl methyl sites for hydroxylation is 2. The highest BCUT2D eigenvalue weighted by Gasteiger charge is 2.03. The standard InChI is InChI=1S/C14H21BrN2O.ClH/c1-11-10-12(4-6-13(11)15)5-7-14(18)17-9-3-8-16-2;/h4,6,10,16H,3,5,7-9H2,1-2H3,(H,17,18);1H. The van der Waals surface area contributed by atoms with Crippen LogP contribution < -0.4 is 10.6 Å². The smallest absolute Gasteiger partial charge is 0.220 e. The van der Waals surface area contributed by atoms with Crippen molar-refractivity contribution in [1.29, 1.82) is 0 Å². The average molecular weight is 350 g/mol. The number of hydrogen-bond donors (Lipinski definition) is 2. The molecule has 0 saturated heterocycles. The van der Waals surface area contributed by atoms with Gasteiger partial charge in [-0.05, 0) is 50.6 Å². The Balaban J connectivity index is 0.00000324. The monoisotopic (exact) mass is 348 g/mol. The van der Waals surface area contributed by atoms with Crippen LogP contribution in [0, 0.1) is 6.92 Å². The van der Waals surface area contributed by atoms with Crippen LogP contribution in [-0.4, -0.2) is 26.0 Å². The van der Waals surface area contributed by atoms with E-state index in [1.165, 1.54) is 11.1 Å². The Bertz CT molecular complexity index is 399. The number of hydrogen-bond acceptors (Lipinski definition) is 2. The van der Waals surface area contributed by atoms with Gasteiger partial charge in [0.25, 0.3) is 0 Å². The van der Waals surface area contributed by atoms with Crippen molar-refractivity contribution >= 4 is 34.2 Å². The Kier molecular flexibility index (Phi) is 9.92. The first-order valence-electron chi connectivity index (χ1n) is 6.30. The normalized spacial score (nSPS) is 9.84. The molecule has 0 aliphatic heterocycles. The lowest BCUT2D eigenvalue weighted by Crippen LogP contribution is -2.26. The lowest BCUT2D eigenvalue weighted by molar-refractivity contribution is -0.121. The summed E-state index contributed by atoms with van der Waals surface area (Å²) in [6.45, 7) is 3.75. The van der Waals surface area contributed by atoms with Gasteiger partial charge in [0.2, 0.25) is 5.91 Å². The SMILES string of the molecule is CNCCCNC(=O)CCc1ccc(Br)c(C)c1.Cl. The Hall–Kier alpha value is -0.580. The highest BCUT2D eigenvalue weighted by molar-refractivity contribution is 9.10. The van der Waals surface area contributed by atoms with Crippen LogP contribution in [0.25, 0.3) is 0 Å². The number of halogens is 2. The van der Waals surface area contributed by atoms with Gasteiger partial charge in [-0.15, -0.1) is 12.4 Å². The maximum Gasteiger partial charge on any atom is 0.220 e. The minimum absolute atomic E-state index is 0. The highest BCUT2D eigenvalue weighted by Crippen LogP contribution is 2.17. The number of amides is 1. The number of benzene rings is 1. The van der Waals surface area contributed by atoms with Crippen LogP contribution in [-0.2, 0) is 11.2 Å². The molecule has 19 heavy (non-hydrogen) atoms. The summed E-state index contributed by atoms with van der Waals surface area (Å²) in [6, 6.07) is 6.22. The van der Waals surface area contributed by atoms with Crippen LogP contribution >= 0.6 is 28.3 Å². The van der Waals surface area contributed by atoms with Crippen LogP contribution in [0.2, 0.25) is 0 Å². The molecule has 1 rings (SSSR count). The van der Waals surface area contributed by atoms with Gasteiger partial charge in [0.1, 0.15) is 0 Å². The molecule has 1 aromatic carbocycles. The first kappa shape index (κ1) is 18.4. The third-order valence-electron chi connectivity index (χ3n) is 2.79. The first-order chi connectivity index (χ1) is 8.63. The van der Waals surface area contributed by atoms with Crippen molar-refractivity contribution in [2.24, 2.45) is 0 Å². The summed E-state index contributed by atoms with van der Waals surface area (Å²) in [7, 11) is 1.91. The number of rotatable bonds is 7. The fourth-order valence-electron chi connectivity index (χ4n) is 1.70. The predicted octanol–water partition coefficient (Wildman–Crippen LogP) is 2.84. The Morgan fingerprint density at radius 1 is 1.32 bits per heavy atom. The Morgan fingerprint density at radius 3 is 2.68 bits per heavy atom. The van der Waals surface area contributed by atoms with Crippen molar-refractivity contribution in [2.45, 2.75) is 26.2 Å². The van der Waals surface area contributed by atoms with Crippen molar-refractivity contribution < 1.29 is 4.79 Å². The molecular formula is C14H22BrClN2O. The lowest BCUT2D eigenvalue weighted by atomic mass is 10.1. The zero-order valence-electron chi connectivity index (χ0n) is 11.5. The molecule has 5 heteroatoms. The van der Waals surface area contributed by atoms with Crippen molar-refractivity contribution in [3.05, 3.63) is 33.8 Å². The molecule has 0 bridgehead atoms. The predicted molar refractivity (Wildman–Crippen MR) is 86.0 cm³/mol. The van der Waals surface area contributed by atoms with Crippen molar-refractivity contribution in [3.8, 4) is 0 Å². The Morgan fingerprint density at radius 2 is 2.05 bits per heavy atom. The van der Waals surface area contributed by atoms with Gasteiger partial charge in [-0.2, -0.15) is 0 Å². The molecule has 0 atom stereocenters. The molecule has 0 aliphatic carbocycles. The minimum Gasteiger partial charge on any atom is -0.356 e. The van der Waals surface area contributed by atoms with E-state index < -0.39 is 0 Å². The molecule has 0 fully saturated rings. The van der Waals surface area contributed by atoms with Crippen LogP contribution in [0.3, 0.4) is 0 Å². The molecule has 1 aromatic rings. The van der Waals surface area contributed by atoms with E-state index in [-0.39, 0.29) is 18.3 Å². The molecule has 3 nitrogen and oxygen atoms in total. The quantitative estimate of drug-likeness (QED) is 0.743. The van der Waals surface area contributed by atoms with E-state index in [1.807, 2.05) is 13.1 Å². The summed E-state index contributed by atoms with van der Waals surface area (Å²) in [6.07, 6.45) is 2.33.